The van der Waals surface area contributed by atoms with Crippen molar-refractivity contribution >= 4 is 53.9 Å². The van der Waals surface area contributed by atoms with Gasteiger partial charge in [-0.2, -0.15) is 5.26 Å². The van der Waals surface area contributed by atoms with Crippen molar-refractivity contribution in [2.45, 2.75) is 0 Å². The molecule has 0 aliphatic heterocycles. The molecule has 56 heavy (non-hydrogen) atoms. The van der Waals surface area contributed by atoms with Crippen LogP contribution in [-0.4, -0.2) is 15.0 Å². The van der Waals surface area contributed by atoms with Crippen LogP contribution in [0.15, 0.2) is 194 Å². The highest BCUT2D eigenvalue weighted by Crippen LogP contribution is 2.38. The molecule has 0 N–H and O–H groups in total. The molecule has 2 aromatic heterocycles. The maximum absolute atomic E-state index is 9.51. The predicted molar refractivity (Wildman–Crippen MR) is 231 cm³/mol. The van der Waals surface area contributed by atoms with Crippen LogP contribution >= 0.6 is 0 Å². The zero-order valence-electron chi connectivity index (χ0n) is 30.3. The lowest BCUT2D eigenvalue weighted by Crippen LogP contribution is -1.96. The number of pyridine rings is 1. The Kier molecular flexibility index (Phi) is 8.17. The third-order valence-electron chi connectivity index (χ3n) is 10.6. The Hall–Kier alpha value is -7.74. The highest BCUT2D eigenvalue weighted by atomic mass is 14.9. The number of rotatable bonds is 4. The van der Waals surface area contributed by atoms with Gasteiger partial charge in [-0.05, 0) is 90.3 Å². The van der Waals surface area contributed by atoms with Gasteiger partial charge in [0.15, 0.2) is 5.82 Å². The Labute approximate surface area is 324 Å². The number of hydrogen-bond donors (Lipinski definition) is 0. The summed E-state index contributed by atoms with van der Waals surface area (Å²) in [5.41, 5.74) is 6.90. The molecule has 0 spiro atoms. The summed E-state index contributed by atoms with van der Waals surface area (Å²) in [7, 11) is 0. The lowest BCUT2D eigenvalue weighted by molar-refractivity contribution is 1.18. The minimum Gasteiger partial charge on any atom is -0.256 e. The van der Waals surface area contributed by atoms with Gasteiger partial charge in [-0.15, -0.1) is 0 Å². The van der Waals surface area contributed by atoms with Gasteiger partial charge in [0.2, 0.25) is 0 Å². The molecule has 4 nitrogen and oxygen atoms in total. The number of nitriles is 1. The highest BCUT2D eigenvalue weighted by Gasteiger charge is 2.14. The molecular formula is C52H32N4. The average Bonchev–Trinajstić information content (AvgIpc) is 3.29. The van der Waals surface area contributed by atoms with E-state index in [1.807, 2.05) is 42.5 Å². The van der Waals surface area contributed by atoms with Gasteiger partial charge in [0.05, 0.1) is 28.7 Å². The lowest BCUT2D eigenvalue weighted by atomic mass is 9.93. The van der Waals surface area contributed by atoms with E-state index < -0.39 is 0 Å². The fourth-order valence-electron chi connectivity index (χ4n) is 7.88. The van der Waals surface area contributed by atoms with Gasteiger partial charge in [0, 0.05) is 28.5 Å². The monoisotopic (exact) mass is 712 g/mol. The highest BCUT2D eigenvalue weighted by molar-refractivity contribution is 6.26. The molecule has 0 amide bonds. The smallest absolute Gasteiger partial charge is 0.160 e. The molecule has 0 radical (unpaired) electrons. The van der Waals surface area contributed by atoms with Gasteiger partial charge in [-0.25, -0.2) is 9.97 Å². The molecule has 8 aromatic carbocycles. The van der Waals surface area contributed by atoms with E-state index in [1.54, 1.807) is 6.20 Å². The summed E-state index contributed by atoms with van der Waals surface area (Å²) in [4.78, 5) is 14.9. The van der Waals surface area contributed by atoms with Gasteiger partial charge in [-0.1, -0.05) is 152 Å². The fraction of sp³-hybridized carbons (Fsp3) is 0. The van der Waals surface area contributed by atoms with Crippen molar-refractivity contribution in [2.24, 2.45) is 0 Å². The lowest BCUT2D eigenvalue weighted by Gasteiger charge is -2.12. The largest absolute Gasteiger partial charge is 0.256 e. The molecule has 0 aliphatic carbocycles. The molecule has 0 unspecified atom stereocenters. The van der Waals surface area contributed by atoms with Gasteiger partial charge in [-0.3, -0.25) is 4.98 Å². The van der Waals surface area contributed by atoms with Gasteiger partial charge in [0.25, 0.3) is 0 Å². The molecule has 10 rings (SSSR count). The summed E-state index contributed by atoms with van der Waals surface area (Å²) >= 11 is 0. The minimum atomic E-state index is 0.602. The van der Waals surface area contributed by atoms with Crippen LogP contribution in [0.3, 0.4) is 0 Å². The van der Waals surface area contributed by atoms with Crippen molar-refractivity contribution in [3.8, 4) is 51.2 Å². The Morgan fingerprint density at radius 3 is 1.20 bits per heavy atom. The van der Waals surface area contributed by atoms with Crippen molar-refractivity contribution in [1.29, 1.82) is 5.26 Å². The SMILES string of the molecule is N#Cc1ccc(-c2cc(-c3ccc4c5ccccc5c5ccccc5c5ccccc5c5ccccc5c4c3)nc(-c3ccc(-c4ccccn4)cc3)n2)cc1. The van der Waals surface area contributed by atoms with Gasteiger partial charge < -0.3 is 0 Å². The topological polar surface area (TPSA) is 62.5 Å². The number of hydrogen-bond acceptors (Lipinski definition) is 4. The van der Waals surface area contributed by atoms with Crippen molar-refractivity contribution in [2.75, 3.05) is 0 Å². The molecule has 0 bridgehead atoms. The normalized spacial score (nSPS) is 11.2. The third kappa shape index (κ3) is 5.85. The molecule has 0 aliphatic rings. The van der Waals surface area contributed by atoms with Crippen LogP contribution < -0.4 is 0 Å². The zero-order chi connectivity index (χ0) is 37.4. The second-order valence-corrected chi connectivity index (χ2v) is 13.9. The first-order valence-electron chi connectivity index (χ1n) is 18.7. The van der Waals surface area contributed by atoms with Gasteiger partial charge >= 0.3 is 0 Å². The molecule has 10 aromatic rings. The summed E-state index contributed by atoms with van der Waals surface area (Å²) in [5, 5.41) is 21.3. The van der Waals surface area contributed by atoms with E-state index in [2.05, 4.69) is 157 Å². The fourth-order valence-corrected chi connectivity index (χ4v) is 7.88. The zero-order valence-corrected chi connectivity index (χ0v) is 30.3. The minimum absolute atomic E-state index is 0.602. The first-order chi connectivity index (χ1) is 27.7. The first-order valence-corrected chi connectivity index (χ1v) is 18.7. The Bertz CT molecular complexity index is 3160. The first kappa shape index (κ1) is 32.9. The molecule has 0 atom stereocenters. The number of aromatic nitrogens is 3. The predicted octanol–water partition coefficient (Wildman–Crippen LogP) is 13.3. The van der Waals surface area contributed by atoms with Crippen LogP contribution in [0.2, 0.25) is 0 Å². The Balaban J connectivity index is 1.27. The van der Waals surface area contributed by atoms with Crippen molar-refractivity contribution < 1.29 is 0 Å². The van der Waals surface area contributed by atoms with Crippen LogP contribution in [0, 0.1) is 11.3 Å². The third-order valence-corrected chi connectivity index (χ3v) is 10.6. The summed E-state index contributed by atoms with van der Waals surface area (Å²) in [6, 6.07) is 67.7. The van der Waals surface area contributed by atoms with Crippen LogP contribution in [0.25, 0.3) is 99.0 Å². The van der Waals surface area contributed by atoms with Crippen LogP contribution in [-0.2, 0) is 0 Å². The van der Waals surface area contributed by atoms with Gasteiger partial charge in [0.1, 0.15) is 0 Å². The molecule has 0 saturated heterocycles. The summed E-state index contributed by atoms with van der Waals surface area (Å²) in [6.45, 7) is 0. The average molecular weight is 713 g/mol. The summed E-state index contributed by atoms with van der Waals surface area (Å²) in [5.74, 6) is 0.616. The molecule has 0 fully saturated rings. The van der Waals surface area contributed by atoms with E-state index in [0.717, 1.165) is 55.5 Å². The van der Waals surface area contributed by atoms with Crippen LogP contribution in [0.4, 0.5) is 0 Å². The number of nitrogens with zero attached hydrogens (tertiary/aromatic N) is 4. The second kappa shape index (κ2) is 13.9. The van der Waals surface area contributed by atoms with E-state index in [1.165, 1.54) is 37.7 Å². The Morgan fingerprint density at radius 1 is 0.321 bits per heavy atom. The van der Waals surface area contributed by atoms with E-state index in [9.17, 15) is 5.26 Å². The summed E-state index contributed by atoms with van der Waals surface area (Å²) in [6.07, 6.45) is 1.81. The molecule has 4 heteroatoms. The number of fused-ring (bicyclic) bond motifs is 10. The van der Waals surface area contributed by atoms with Crippen molar-refractivity contribution in [3.05, 3.63) is 200 Å². The maximum Gasteiger partial charge on any atom is 0.160 e. The van der Waals surface area contributed by atoms with E-state index >= 15 is 0 Å². The quantitative estimate of drug-likeness (QED) is 0.182. The molecular weight excluding hydrogens is 681 g/mol. The van der Waals surface area contributed by atoms with Crippen LogP contribution in [0.1, 0.15) is 5.56 Å². The van der Waals surface area contributed by atoms with Crippen molar-refractivity contribution in [3.63, 3.8) is 0 Å². The van der Waals surface area contributed by atoms with E-state index in [4.69, 9.17) is 9.97 Å². The Morgan fingerprint density at radius 2 is 0.714 bits per heavy atom. The maximum atomic E-state index is 9.51. The van der Waals surface area contributed by atoms with Crippen LogP contribution in [0.5, 0.6) is 0 Å². The molecule has 0 saturated carbocycles. The second-order valence-electron chi connectivity index (χ2n) is 13.9. The number of benzene rings is 7. The molecule has 2 heterocycles. The standard InChI is InChI=1S/C52H32N4/c53-33-34-20-22-36(23-21-34)50-32-51(56-52(55-50)37-26-24-35(25-27-37)49-19-9-10-30-54-49)38-28-29-47-45-17-6-5-15-43(45)41-13-2-1-11-39(41)40-12-3-4-14-42(40)44-16-7-8-18-46(44)48(47)31-38/h1-32H. The van der Waals surface area contributed by atoms with Crippen molar-refractivity contribution in [1.82, 2.24) is 15.0 Å². The summed E-state index contributed by atoms with van der Waals surface area (Å²) < 4.78 is 0. The van der Waals surface area contributed by atoms with E-state index in [-0.39, 0.29) is 0 Å². The van der Waals surface area contributed by atoms with E-state index in [0.29, 0.717) is 11.4 Å². The molecule has 260 valence electrons.